The Morgan fingerprint density at radius 3 is 2.24 bits per heavy atom. The van der Waals surface area contributed by atoms with Gasteiger partial charge in [-0.1, -0.05) is 35.9 Å². The van der Waals surface area contributed by atoms with Crippen LogP contribution < -0.4 is 10.6 Å². The number of carbonyl (C=O) groups is 1. The molecule has 5 heteroatoms. The Kier molecular flexibility index (Phi) is 5.60. The third-order valence-electron chi connectivity index (χ3n) is 3.01. The maximum atomic E-state index is 11.7. The van der Waals surface area contributed by atoms with E-state index in [4.69, 9.17) is 16.7 Å². The molecule has 0 aliphatic rings. The number of halogens is 1. The lowest BCUT2D eigenvalue weighted by Gasteiger charge is -2.08. The van der Waals surface area contributed by atoms with Gasteiger partial charge in [0.05, 0.1) is 6.61 Å². The number of aliphatic hydroxyl groups excluding tert-OH is 1. The van der Waals surface area contributed by atoms with Gasteiger partial charge in [-0.2, -0.15) is 0 Å². The van der Waals surface area contributed by atoms with Crippen molar-refractivity contribution in [2.24, 2.45) is 0 Å². The highest BCUT2D eigenvalue weighted by atomic mass is 35.5. The minimum absolute atomic E-state index is 0.0437. The van der Waals surface area contributed by atoms with Gasteiger partial charge < -0.3 is 15.7 Å². The van der Waals surface area contributed by atoms with Crippen molar-refractivity contribution >= 4 is 23.3 Å². The third kappa shape index (κ3) is 5.10. The molecule has 2 amide bonds. The number of carbonyl (C=O) groups excluding carboxylic acids is 1. The minimum atomic E-state index is -0.246. The fraction of sp³-hybridized carbons (Fsp3) is 0.188. The molecule has 0 spiro atoms. The van der Waals surface area contributed by atoms with E-state index in [1.807, 2.05) is 24.3 Å². The summed E-state index contributed by atoms with van der Waals surface area (Å²) in [6.07, 6.45) is 0.736. The van der Waals surface area contributed by atoms with Crippen molar-refractivity contribution in [1.29, 1.82) is 0 Å². The summed E-state index contributed by atoms with van der Waals surface area (Å²) < 4.78 is 0. The maximum absolute atomic E-state index is 11.7. The molecule has 0 fully saturated rings. The molecule has 0 unspecified atom stereocenters. The molecule has 110 valence electrons. The Labute approximate surface area is 128 Å². The summed E-state index contributed by atoms with van der Waals surface area (Å²) in [5.74, 6) is 0. The molecule has 0 saturated heterocycles. The van der Waals surface area contributed by atoms with Gasteiger partial charge in [0, 0.05) is 17.3 Å². The number of hydrogen-bond acceptors (Lipinski definition) is 2. The number of urea groups is 1. The first-order valence-corrected chi connectivity index (χ1v) is 7.04. The van der Waals surface area contributed by atoms with Gasteiger partial charge in [-0.15, -0.1) is 0 Å². The Bertz CT molecular complexity index is 582. The van der Waals surface area contributed by atoms with Crippen LogP contribution in [-0.2, 0) is 13.0 Å². The van der Waals surface area contributed by atoms with Crippen LogP contribution in [0.25, 0.3) is 0 Å². The number of hydrogen-bond donors (Lipinski definition) is 3. The summed E-state index contributed by atoms with van der Waals surface area (Å²) in [5.41, 5.74) is 2.69. The van der Waals surface area contributed by atoms with Crippen LogP contribution in [-0.4, -0.2) is 17.7 Å². The predicted molar refractivity (Wildman–Crippen MR) is 84.5 cm³/mol. The summed E-state index contributed by atoms with van der Waals surface area (Å²) in [6.45, 7) is 0.583. The number of amides is 2. The highest BCUT2D eigenvalue weighted by Crippen LogP contribution is 2.13. The SMILES string of the molecule is O=C(NCCc1ccc(CO)cc1)Nc1ccc(Cl)cc1. The summed E-state index contributed by atoms with van der Waals surface area (Å²) >= 11 is 5.78. The van der Waals surface area contributed by atoms with Gasteiger partial charge >= 0.3 is 6.03 Å². The molecule has 0 radical (unpaired) electrons. The van der Waals surface area contributed by atoms with Gasteiger partial charge in [-0.05, 0) is 41.8 Å². The monoisotopic (exact) mass is 304 g/mol. The van der Waals surface area contributed by atoms with Crippen LogP contribution in [0.4, 0.5) is 10.5 Å². The van der Waals surface area contributed by atoms with Crippen LogP contribution in [0.2, 0.25) is 5.02 Å². The van der Waals surface area contributed by atoms with Crippen LogP contribution in [0, 0.1) is 0 Å². The molecule has 3 N–H and O–H groups in total. The van der Waals surface area contributed by atoms with Gasteiger partial charge in [0.2, 0.25) is 0 Å². The second-order valence-electron chi connectivity index (χ2n) is 4.61. The molecule has 4 nitrogen and oxygen atoms in total. The molecule has 0 saturated carbocycles. The first-order valence-electron chi connectivity index (χ1n) is 6.66. The van der Waals surface area contributed by atoms with Crippen molar-refractivity contribution in [3.05, 3.63) is 64.7 Å². The fourth-order valence-corrected chi connectivity index (χ4v) is 1.97. The predicted octanol–water partition coefficient (Wildman–Crippen LogP) is 3.20. The van der Waals surface area contributed by atoms with E-state index in [-0.39, 0.29) is 12.6 Å². The lowest BCUT2D eigenvalue weighted by molar-refractivity contribution is 0.252. The average molecular weight is 305 g/mol. The van der Waals surface area contributed by atoms with E-state index < -0.39 is 0 Å². The van der Waals surface area contributed by atoms with Gasteiger partial charge in [-0.25, -0.2) is 4.79 Å². The Hall–Kier alpha value is -2.04. The average Bonchev–Trinajstić information content (AvgIpc) is 2.50. The number of benzene rings is 2. The minimum Gasteiger partial charge on any atom is -0.392 e. The molecular formula is C16H17ClN2O2. The van der Waals surface area contributed by atoms with E-state index in [0.717, 1.165) is 17.5 Å². The quantitative estimate of drug-likeness (QED) is 0.794. The molecule has 0 atom stereocenters. The van der Waals surface area contributed by atoms with E-state index >= 15 is 0 Å². The molecule has 0 heterocycles. The van der Waals surface area contributed by atoms with E-state index in [9.17, 15) is 4.79 Å². The largest absolute Gasteiger partial charge is 0.392 e. The van der Waals surface area contributed by atoms with Crippen molar-refractivity contribution in [2.45, 2.75) is 13.0 Å². The lowest BCUT2D eigenvalue weighted by Crippen LogP contribution is -2.30. The van der Waals surface area contributed by atoms with Gasteiger partial charge in [0.25, 0.3) is 0 Å². The third-order valence-corrected chi connectivity index (χ3v) is 3.26. The summed E-state index contributed by atoms with van der Waals surface area (Å²) in [7, 11) is 0. The summed E-state index contributed by atoms with van der Waals surface area (Å²) in [6, 6.07) is 14.3. The Morgan fingerprint density at radius 1 is 1.00 bits per heavy atom. The van der Waals surface area contributed by atoms with E-state index in [1.54, 1.807) is 24.3 Å². The number of nitrogens with one attached hydrogen (secondary N) is 2. The zero-order valence-electron chi connectivity index (χ0n) is 11.5. The van der Waals surface area contributed by atoms with Gasteiger partial charge in [-0.3, -0.25) is 0 Å². The maximum Gasteiger partial charge on any atom is 0.319 e. The first-order chi connectivity index (χ1) is 10.2. The smallest absolute Gasteiger partial charge is 0.319 e. The first kappa shape index (κ1) is 15.4. The molecule has 2 aromatic rings. The van der Waals surface area contributed by atoms with E-state index in [2.05, 4.69) is 10.6 Å². The molecule has 0 aromatic heterocycles. The van der Waals surface area contributed by atoms with Gasteiger partial charge in [0.15, 0.2) is 0 Å². The van der Waals surface area contributed by atoms with Gasteiger partial charge in [0.1, 0.15) is 0 Å². The molecule has 0 aliphatic carbocycles. The van der Waals surface area contributed by atoms with Crippen LogP contribution in [0.5, 0.6) is 0 Å². The number of rotatable bonds is 5. The number of anilines is 1. The zero-order chi connectivity index (χ0) is 15.1. The Balaban J connectivity index is 1.74. The van der Waals surface area contributed by atoms with Crippen LogP contribution in [0.3, 0.4) is 0 Å². The van der Waals surface area contributed by atoms with Crippen molar-refractivity contribution in [1.82, 2.24) is 5.32 Å². The van der Waals surface area contributed by atoms with Crippen molar-refractivity contribution in [3.8, 4) is 0 Å². The van der Waals surface area contributed by atoms with Crippen molar-refractivity contribution < 1.29 is 9.90 Å². The van der Waals surface area contributed by atoms with E-state index in [0.29, 0.717) is 17.3 Å². The standard InChI is InChI=1S/C16H17ClN2O2/c17-14-5-7-15(8-6-14)19-16(21)18-10-9-12-1-3-13(11-20)4-2-12/h1-8,20H,9-11H2,(H2,18,19,21). The molecular weight excluding hydrogens is 288 g/mol. The highest BCUT2D eigenvalue weighted by molar-refractivity contribution is 6.30. The molecule has 0 aliphatic heterocycles. The van der Waals surface area contributed by atoms with Crippen LogP contribution in [0.1, 0.15) is 11.1 Å². The molecule has 0 bridgehead atoms. The summed E-state index contributed by atoms with van der Waals surface area (Å²) in [4.78, 5) is 11.7. The molecule has 21 heavy (non-hydrogen) atoms. The van der Waals surface area contributed by atoms with Crippen molar-refractivity contribution in [3.63, 3.8) is 0 Å². The topological polar surface area (TPSA) is 61.4 Å². The van der Waals surface area contributed by atoms with Crippen molar-refractivity contribution in [2.75, 3.05) is 11.9 Å². The summed E-state index contributed by atoms with van der Waals surface area (Å²) in [5, 5.41) is 15.1. The van der Waals surface area contributed by atoms with Crippen LogP contribution >= 0.6 is 11.6 Å². The number of aliphatic hydroxyl groups is 1. The second-order valence-corrected chi connectivity index (χ2v) is 5.05. The Morgan fingerprint density at radius 2 is 1.62 bits per heavy atom. The molecule has 2 aromatic carbocycles. The fourth-order valence-electron chi connectivity index (χ4n) is 1.84. The second kappa shape index (κ2) is 7.67. The zero-order valence-corrected chi connectivity index (χ0v) is 12.2. The normalized spacial score (nSPS) is 10.2. The lowest BCUT2D eigenvalue weighted by atomic mass is 10.1. The van der Waals surface area contributed by atoms with E-state index in [1.165, 1.54) is 0 Å². The highest BCUT2D eigenvalue weighted by Gasteiger charge is 2.01. The molecule has 2 rings (SSSR count). The van der Waals surface area contributed by atoms with Crippen LogP contribution in [0.15, 0.2) is 48.5 Å².